The molecule has 0 unspecified atom stereocenters. The molecule has 2 heterocycles. The van der Waals surface area contributed by atoms with Gasteiger partial charge in [-0.25, -0.2) is 9.50 Å². The van der Waals surface area contributed by atoms with Crippen LogP contribution < -0.4 is 0 Å². The quantitative estimate of drug-likeness (QED) is 0.732. The second kappa shape index (κ2) is 2.91. The summed E-state index contributed by atoms with van der Waals surface area (Å²) in [6.45, 7) is 0. The third-order valence-electron chi connectivity index (χ3n) is 1.50. The minimum Gasteiger partial charge on any atom is -0.247 e. The van der Waals surface area contributed by atoms with E-state index >= 15 is 0 Å². The highest BCUT2D eigenvalue weighted by molar-refractivity contribution is 9.10. The normalized spacial score (nSPS) is 12.3. The Morgan fingerprint density at radius 2 is 2.07 bits per heavy atom. The van der Waals surface area contributed by atoms with Crippen molar-refractivity contribution >= 4 is 21.6 Å². The van der Waals surface area contributed by atoms with Gasteiger partial charge in [0.05, 0.1) is 0 Å². The van der Waals surface area contributed by atoms with Crippen LogP contribution in [-0.2, 0) is 6.18 Å². The van der Waals surface area contributed by atoms with Crippen LogP contribution >= 0.6 is 15.9 Å². The molecule has 74 valence electrons. The van der Waals surface area contributed by atoms with E-state index in [9.17, 15) is 13.2 Å². The number of rotatable bonds is 0. The Hall–Kier alpha value is -1.18. The maximum Gasteiger partial charge on any atom is 0.437 e. The summed E-state index contributed by atoms with van der Waals surface area (Å²) in [5, 5.41) is 3.67. The number of nitrogens with zero attached hydrogens (tertiary/aromatic N) is 4. The zero-order valence-electron chi connectivity index (χ0n) is 6.46. The molecule has 0 saturated carbocycles. The third-order valence-corrected chi connectivity index (χ3v) is 1.83. The molecule has 0 radical (unpaired) electrons. The molecule has 0 amide bonds. The number of hydrogen-bond donors (Lipinski definition) is 0. The van der Waals surface area contributed by atoms with Gasteiger partial charge in [-0.05, 0) is 15.9 Å². The molecule has 0 saturated heterocycles. The molecule has 0 aliphatic carbocycles. The highest BCUT2D eigenvalue weighted by Crippen LogP contribution is 2.29. The zero-order chi connectivity index (χ0) is 10.3. The van der Waals surface area contributed by atoms with Crippen LogP contribution in [0.5, 0.6) is 0 Å². The van der Waals surface area contributed by atoms with E-state index in [1.54, 1.807) is 0 Å². The summed E-state index contributed by atoms with van der Waals surface area (Å²) in [7, 11) is 0. The first-order valence-electron chi connectivity index (χ1n) is 3.42. The number of alkyl halides is 3. The lowest BCUT2D eigenvalue weighted by Crippen LogP contribution is -2.10. The summed E-state index contributed by atoms with van der Waals surface area (Å²) < 4.78 is 38.2. The molecule has 0 aromatic carbocycles. The summed E-state index contributed by atoms with van der Waals surface area (Å²) >= 11 is 2.89. The van der Waals surface area contributed by atoms with Crippen LogP contribution in [0.4, 0.5) is 13.2 Å². The van der Waals surface area contributed by atoms with Gasteiger partial charge in [-0.2, -0.15) is 18.2 Å². The summed E-state index contributed by atoms with van der Waals surface area (Å²) in [5.41, 5.74) is -1.36. The minimum absolute atomic E-state index is 0.0935. The second-order valence-corrected chi connectivity index (χ2v) is 3.13. The van der Waals surface area contributed by atoms with Gasteiger partial charge in [0.1, 0.15) is 0 Å². The van der Waals surface area contributed by atoms with Crippen LogP contribution in [0.2, 0.25) is 0 Å². The highest BCUT2D eigenvalue weighted by Gasteiger charge is 2.36. The van der Waals surface area contributed by atoms with E-state index in [4.69, 9.17) is 0 Å². The largest absolute Gasteiger partial charge is 0.437 e. The predicted octanol–water partition coefficient (Wildman–Crippen LogP) is 1.91. The summed E-state index contributed by atoms with van der Waals surface area (Å²) in [6, 6.07) is 0. The van der Waals surface area contributed by atoms with Crippen molar-refractivity contribution in [1.82, 2.24) is 19.6 Å². The van der Waals surface area contributed by atoms with Gasteiger partial charge in [0, 0.05) is 12.4 Å². The van der Waals surface area contributed by atoms with Gasteiger partial charge >= 0.3 is 6.18 Å². The van der Waals surface area contributed by atoms with E-state index in [1.807, 2.05) is 0 Å². The topological polar surface area (TPSA) is 43.1 Å². The van der Waals surface area contributed by atoms with Crippen LogP contribution in [0.25, 0.3) is 5.65 Å². The molecule has 0 aliphatic heterocycles. The molecule has 0 spiro atoms. The van der Waals surface area contributed by atoms with Gasteiger partial charge in [-0.1, -0.05) is 0 Å². The molecular formula is C6H2BrF3N4. The summed E-state index contributed by atoms with van der Waals surface area (Å²) in [6.07, 6.45) is -2.20. The van der Waals surface area contributed by atoms with E-state index < -0.39 is 11.9 Å². The van der Waals surface area contributed by atoms with Crippen LogP contribution in [-0.4, -0.2) is 19.6 Å². The lowest BCUT2D eigenvalue weighted by Gasteiger charge is -2.04. The SMILES string of the molecule is FC(F)(F)c1nccn2nc(Br)nc12. The fourth-order valence-corrected chi connectivity index (χ4v) is 1.33. The maximum absolute atomic E-state index is 12.4. The molecule has 14 heavy (non-hydrogen) atoms. The Labute approximate surface area is 83.9 Å². The molecule has 0 atom stereocenters. The van der Waals surface area contributed by atoms with E-state index in [0.29, 0.717) is 0 Å². The molecule has 4 nitrogen and oxygen atoms in total. The van der Waals surface area contributed by atoms with Gasteiger partial charge < -0.3 is 0 Å². The maximum atomic E-state index is 12.4. The molecule has 0 bridgehead atoms. The first kappa shape index (κ1) is 9.38. The second-order valence-electron chi connectivity index (χ2n) is 2.42. The van der Waals surface area contributed by atoms with Gasteiger partial charge in [0.15, 0.2) is 11.3 Å². The molecular weight excluding hydrogens is 265 g/mol. The average Bonchev–Trinajstić information content (AvgIpc) is 2.41. The Kier molecular flexibility index (Phi) is 1.95. The van der Waals surface area contributed by atoms with Gasteiger partial charge in [-0.15, -0.1) is 5.10 Å². The van der Waals surface area contributed by atoms with Crippen molar-refractivity contribution < 1.29 is 13.2 Å². The van der Waals surface area contributed by atoms with E-state index in [-0.39, 0.29) is 10.4 Å². The fraction of sp³-hybridized carbons (Fsp3) is 0.167. The van der Waals surface area contributed by atoms with Crippen molar-refractivity contribution in [3.05, 3.63) is 22.8 Å². The van der Waals surface area contributed by atoms with Crippen LogP contribution in [0, 0.1) is 0 Å². The first-order chi connectivity index (χ1) is 6.48. The van der Waals surface area contributed by atoms with Crippen molar-refractivity contribution in [2.45, 2.75) is 6.18 Å². The number of hydrogen-bond acceptors (Lipinski definition) is 3. The van der Waals surface area contributed by atoms with E-state index in [2.05, 4.69) is 31.0 Å². The standard InChI is InChI=1S/C6H2BrF3N4/c7-5-12-4-3(6(8,9)10)11-1-2-14(4)13-5/h1-2H. The summed E-state index contributed by atoms with van der Waals surface area (Å²) in [5.74, 6) is 0. The van der Waals surface area contributed by atoms with Crippen molar-refractivity contribution in [3.63, 3.8) is 0 Å². The molecule has 0 N–H and O–H groups in total. The number of fused-ring (bicyclic) bond motifs is 1. The van der Waals surface area contributed by atoms with Crippen LogP contribution in [0.15, 0.2) is 17.1 Å². The van der Waals surface area contributed by atoms with Crippen LogP contribution in [0.3, 0.4) is 0 Å². The fourth-order valence-electron chi connectivity index (χ4n) is 0.991. The Balaban J connectivity index is 2.77. The Morgan fingerprint density at radius 1 is 1.36 bits per heavy atom. The molecule has 8 heteroatoms. The molecule has 0 fully saturated rings. The van der Waals surface area contributed by atoms with E-state index in [1.165, 1.54) is 6.20 Å². The van der Waals surface area contributed by atoms with Gasteiger partial charge in [-0.3, -0.25) is 0 Å². The smallest absolute Gasteiger partial charge is 0.247 e. The van der Waals surface area contributed by atoms with Crippen molar-refractivity contribution in [2.75, 3.05) is 0 Å². The van der Waals surface area contributed by atoms with Gasteiger partial charge in [0.2, 0.25) is 4.73 Å². The van der Waals surface area contributed by atoms with Crippen molar-refractivity contribution in [2.24, 2.45) is 0 Å². The summed E-state index contributed by atoms with van der Waals surface area (Å²) in [4.78, 5) is 6.79. The highest BCUT2D eigenvalue weighted by atomic mass is 79.9. The van der Waals surface area contributed by atoms with E-state index in [0.717, 1.165) is 10.7 Å². The number of halogens is 4. The minimum atomic E-state index is -4.52. The molecule has 2 aromatic rings. The molecule has 0 aliphatic rings. The molecule has 2 rings (SSSR count). The average molecular weight is 267 g/mol. The van der Waals surface area contributed by atoms with Crippen molar-refractivity contribution in [3.8, 4) is 0 Å². The zero-order valence-corrected chi connectivity index (χ0v) is 8.04. The third kappa shape index (κ3) is 1.45. The monoisotopic (exact) mass is 266 g/mol. The molecule has 2 aromatic heterocycles. The van der Waals surface area contributed by atoms with Crippen molar-refractivity contribution in [1.29, 1.82) is 0 Å². The Bertz CT molecular complexity index is 477. The first-order valence-corrected chi connectivity index (χ1v) is 4.22. The Morgan fingerprint density at radius 3 is 2.71 bits per heavy atom. The van der Waals surface area contributed by atoms with Crippen LogP contribution in [0.1, 0.15) is 5.69 Å². The van der Waals surface area contributed by atoms with Gasteiger partial charge in [0.25, 0.3) is 0 Å². The predicted molar refractivity (Wildman–Crippen MR) is 43.5 cm³/mol. The lowest BCUT2D eigenvalue weighted by molar-refractivity contribution is -0.140. The lowest BCUT2D eigenvalue weighted by atomic mass is 10.4. The number of aromatic nitrogens is 4.